The number of benzene rings is 1. The van der Waals surface area contributed by atoms with Gasteiger partial charge in [-0.25, -0.2) is 4.79 Å². The van der Waals surface area contributed by atoms with E-state index >= 15 is 0 Å². The highest BCUT2D eigenvalue weighted by molar-refractivity contribution is 5.91. The van der Waals surface area contributed by atoms with Gasteiger partial charge >= 0.3 is 6.03 Å². The van der Waals surface area contributed by atoms with E-state index in [-0.39, 0.29) is 6.03 Å². The number of rotatable bonds is 2. The summed E-state index contributed by atoms with van der Waals surface area (Å²) in [5, 5.41) is 5.94. The van der Waals surface area contributed by atoms with Gasteiger partial charge in [-0.15, -0.1) is 0 Å². The van der Waals surface area contributed by atoms with Crippen LogP contribution >= 0.6 is 0 Å². The van der Waals surface area contributed by atoms with E-state index < -0.39 is 0 Å². The summed E-state index contributed by atoms with van der Waals surface area (Å²) in [6, 6.07) is 4.48. The summed E-state index contributed by atoms with van der Waals surface area (Å²) in [6.45, 7) is 6.12. The van der Waals surface area contributed by atoms with Gasteiger partial charge in [-0.05, 0) is 51.2 Å². The first-order chi connectivity index (χ1) is 8.06. The van der Waals surface area contributed by atoms with Gasteiger partial charge in [-0.2, -0.15) is 0 Å². The van der Waals surface area contributed by atoms with Crippen molar-refractivity contribution in [2.75, 3.05) is 5.32 Å². The van der Waals surface area contributed by atoms with Crippen molar-refractivity contribution < 1.29 is 4.79 Å². The summed E-state index contributed by atoms with van der Waals surface area (Å²) in [5.41, 5.74) is 4.40. The normalized spacial score (nSPS) is 15.2. The van der Waals surface area contributed by atoms with Gasteiger partial charge in [0.25, 0.3) is 0 Å². The van der Waals surface area contributed by atoms with Crippen molar-refractivity contribution in [3.05, 3.63) is 28.8 Å². The molecule has 0 radical (unpaired) electrons. The number of nitrogens with one attached hydrogen (secondary N) is 2. The Bertz CT molecular complexity index is 413. The van der Waals surface area contributed by atoms with Crippen LogP contribution in [0.2, 0.25) is 0 Å². The van der Waals surface area contributed by atoms with Crippen molar-refractivity contribution in [3.63, 3.8) is 0 Å². The molecule has 3 nitrogen and oxygen atoms in total. The van der Waals surface area contributed by atoms with Gasteiger partial charge in [0.05, 0.1) is 0 Å². The first kappa shape index (κ1) is 12.0. The molecule has 3 heteroatoms. The quantitative estimate of drug-likeness (QED) is 0.807. The lowest BCUT2D eigenvalue weighted by Crippen LogP contribution is -2.42. The van der Waals surface area contributed by atoms with Crippen LogP contribution in [0.25, 0.3) is 0 Å². The third-order valence-electron chi connectivity index (χ3n) is 3.36. The van der Waals surface area contributed by atoms with Gasteiger partial charge in [0.1, 0.15) is 0 Å². The fraction of sp³-hybridized carbons (Fsp3) is 0.500. The van der Waals surface area contributed by atoms with Crippen LogP contribution in [0.1, 0.15) is 36.0 Å². The number of urea groups is 1. The molecule has 1 saturated carbocycles. The smallest absolute Gasteiger partial charge is 0.319 e. The third kappa shape index (κ3) is 2.78. The van der Waals surface area contributed by atoms with E-state index in [1.807, 2.05) is 13.8 Å². The Hall–Kier alpha value is -1.51. The van der Waals surface area contributed by atoms with Crippen LogP contribution in [0.4, 0.5) is 10.5 Å². The number of hydrogen-bond acceptors (Lipinski definition) is 1. The predicted octanol–water partition coefficient (Wildman–Crippen LogP) is 3.29. The molecule has 1 fully saturated rings. The van der Waals surface area contributed by atoms with Crippen molar-refractivity contribution in [3.8, 4) is 0 Å². The number of aryl methyl sites for hydroxylation is 3. The van der Waals surface area contributed by atoms with E-state index in [1.54, 1.807) is 0 Å². The van der Waals surface area contributed by atoms with Crippen molar-refractivity contribution in [1.82, 2.24) is 5.32 Å². The molecular formula is C14H20N2O. The van der Waals surface area contributed by atoms with Gasteiger partial charge in [0.2, 0.25) is 0 Å². The summed E-state index contributed by atoms with van der Waals surface area (Å²) in [6.07, 6.45) is 3.45. The second kappa shape index (κ2) is 4.78. The second-order valence-corrected chi connectivity index (χ2v) is 5.00. The topological polar surface area (TPSA) is 41.1 Å². The maximum atomic E-state index is 11.8. The lowest BCUT2D eigenvalue weighted by Gasteiger charge is -2.26. The van der Waals surface area contributed by atoms with Crippen LogP contribution in [0, 0.1) is 20.8 Å². The largest absolute Gasteiger partial charge is 0.335 e. The molecule has 0 heterocycles. The number of carbonyl (C=O) groups excluding carboxylic acids is 1. The minimum atomic E-state index is -0.0789. The molecule has 92 valence electrons. The maximum absolute atomic E-state index is 11.8. The fourth-order valence-electron chi connectivity index (χ4n) is 2.26. The van der Waals surface area contributed by atoms with E-state index in [4.69, 9.17) is 0 Å². The molecule has 1 aromatic rings. The number of amides is 2. The number of hydrogen-bond donors (Lipinski definition) is 2. The average Bonchev–Trinajstić information content (AvgIpc) is 2.17. The Kier molecular flexibility index (Phi) is 3.36. The van der Waals surface area contributed by atoms with Gasteiger partial charge in [-0.3, -0.25) is 0 Å². The van der Waals surface area contributed by atoms with Crippen LogP contribution in [0.15, 0.2) is 12.1 Å². The van der Waals surface area contributed by atoms with Crippen LogP contribution in [0.3, 0.4) is 0 Å². The van der Waals surface area contributed by atoms with E-state index in [0.29, 0.717) is 6.04 Å². The zero-order valence-electron chi connectivity index (χ0n) is 10.8. The molecule has 0 aromatic heterocycles. The molecule has 17 heavy (non-hydrogen) atoms. The van der Waals surface area contributed by atoms with Crippen LogP contribution < -0.4 is 10.6 Å². The van der Waals surface area contributed by atoms with Crippen molar-refractivity contribution >= 4 is 11.7 Å². The van der Waals surface area contributed by atoms with E-state index in [1.165, 1.54) is 12.0 Å². The molecule has 1 aliphatic rings. The van der Waals surface area contributed by atoms with Gasteiger partial charge in [-0.1, -0.05) is 17.7 Å². The van der Waals surface area contributed by atoms with Crippen molar-refractivity contribution in [2.45, 2.75) is 46.1 Å². The average molecular weight is 232 g/mol. The molecule has 0 bridgehead atoms. The molecule has 0 aliphatic heterocycles. The Morgan fingerprint density at radius 1 is 1.18 bits per heavy atom. The highest BCUT2D eigenvalue weighted by atomic mass is 16.2. The molecule has 0 unspecified atom stereocenters. The zero-order chi connectivity index (χ0) is 12.4. The molecule has 2 amide bonds. The highest BCUT2D eigenvalue weighted by Crippen LogP contribution is 2.22. The number of carbonyl (C=O) groups is 1. The van der Waals surface area contributed by atoms with Crippen LogP contribution in [0.5, 0.6) is 0 Å². The Morgan fingerprint density at radius 2 is 1.76 bits per heavy atom. The molecular weight excluding hydrogens is 212 g/mol. The molecule has 1 aromatic carbocycles. The van der Waals surface area contributed by atoms with Crippen LogP contribution in [-0.4, -0.2) is 12.1 Å². The van der Waals surface area contributed by atoms with E-state index in [9.17, 15) is 4.79 Å². The van der Waals surface area contributed by atoms with Gasteiger partial charge < -0.3 is 10.6 Å². The maximum Gasteiger partial charge on any atom is 0.319 e. The Morgan fingerprint density at radius 3 is 2.24 bits per heavy atom. The summed E-state index contributed by atoms with van der Waals surface area (Å²) in [5.74, 6) is 0. The number of anilines is 1. The van der Waals surface area contributed by atoms with E-state index in [0.717, 1.165) is 29.7 Å². The monoisotopic (exact) mass is 232 g/mol. The van der Waals surface area contributed by atoms with Crippen molar-refractivity contribution in [2.24, 2.45) is 0 Å². The summed E-state index contributed by atoms with van der Waals surface area (Å²) < 4.78 is 0. The Balaban J connectivity index is 2.04. The molecule has 2 rings (SSSR count). The molecule has 0 spiro atoms. The SMILES string of the molecule is Cc1cc(C)c(NC(=O)NC2CCC2)c(C)c1. The molecule has 1 aliphatic carbocycles. The first-order valence-corrected chi connectivity index (χ1v) is 6.21. The van der Waals surface area contributed by atoms with Gasteiger partial charge in [0, 0.05) is 11.7 Å². The molecule has 2 N–H and O–H groups in total. The second-order valence-electron chi connectivity index (χ2n) is 5.00. The van der Waals surface area contributed by atoms with E-state index in [2.05, 4.69) is 29.7 Å². The molecule has 0 atom stereocenters. The molecule has 0 saturated heterocycles. The third-order valence-corrected chi connectivity index (χ3v) is 3.36. The minimum absolute atomic E-state index is 0.0789. The van der Waals surface area contributed by atoms with Gasteiger partial charge in [0.15, 0.2) is 0 Å². The Labute approximate surface area is 103 Å². The van der Waals surface area contributed by atoms with Crippen molar-refractivity contribution in [1.29, 1.82) is 0 Å². The summed E-state index contributed by atoms with van der Waals surface area (Å²) in [7, 11) is 0. The first-order valence-electron chi connectivity index (χ1n) is 6.21. The highest BCUT2D eigenvalue weighted by Gasteiger charge is 2.19. The summed E-state index contributed by atoms with van der Waals surface area (Å²) >= 11 is 0. The summed E-state index contributed by atoms with van der Waals surface area (Å²) in [4.78, 5) is 11.8. The van der Waals surface area contributed by atoms with Crippen LogP contribution in [-0.2, 0) is 0 Å². The fourth-order valence-corrected chi connectivity index (χ4v) is 2.26. The predicted molar refractivity (Wildman–Crippen MR) is 70.4 cm³/mol. The minimum Gasteiger partial charge on any atom is -0.335 e. The lowest BCUT2D eigenvalue weighted by molar-refractivity contribution is 0.240. The standard InChI is InChI=1S/C14H20N2O/c1-9-7-10(2)13(11(3)8-9)16-14(17)15-12-5-4-6-12/h7-8,12H,4-6H2,1-3H3,(H2,15,16,17). The zero-order valence-corrected chi connectivity index (χ0v) is 10.8. The lowest BCUT2D eigenvalue weighted by atomic mass is 9.93.